The van der Waals surface area contributed by atoms with E-state index in [0.29, 0.717) is 17.7 Å². The second-order valence-corrected chi connectivity index (χ2v) is 8.61. The fourth-order valence-electron chi connectivity index (χ4n) is 5.87. The van der Waals surface area contributed by atoms with Gasteiger partial charge < -0.3 is 25.0 Å². The number of ether oxygens (including phenoxy) is 1. The normalized spacial score (nSPS) is 30.0. The van der Waals surface area contributed by atoms with Crippen molar-refractivity contribution in [2.45, 2.75) is 36.8 Å². The molecule has 6 nitrogen and oxygen atoms in total. The predicted octanol–water partition coefficient (Wildman–Crippen LogP) is 3.32. The van der Waals surface area contributed by atoms with E-state index in [9.17, 15) is 9.90 Å². The number of aromatic carboxylic acids is 1. The lowest BCUT2D eigenvalue weighted by atomic mass is 9.54. The van der Waals surface area contributed by atoms with Gasteiger partial charge in [0, 0.05) is 29.4 Å². The Hall–Kier alpha value is -2.99. The molecule has 156 valence electrons. The van der Waals surface area contributed by atoms with Crippen LogP contribution in [0.4, 0.5) is 0 Å². The highest BCUT2D eigenvalue weighted by molar-refractivity contribution is 5.90. The fraction of sp³-hybridized carbons (Fsp3) is 0.375. The maximum Gasteiger partial charge on any atom is 0.339 e. The molecule has 1 spiro atoms. The second-order valence-electron chi connectivity index (χ2n) is 8.61. The number of nitrogens with zero attached hydrogens (tertiary/aromatic N) is 1. The molecule has 1 saturated heterocycles. The minimum Gasteiger partial charge on any atom is -0.507 e. The number of carbonyl (C=O) groups is 1. The molecule has 2 aromatic carbocycles. The molecule has 0 radical (unpaired) electrons. The summed E-state index contributed by atoms with van der Waals surface area (Å²) in [6.07, 6.45) is 8.11. The van der Waals surface area contributed by atoms with Crippen LogP contribution in [0, 0.1) is 5.92 Å². The molecule has 3 N–H and O–H groups in total. The average molecular weight is 407 g/mol. The van der Waals surface area contributed by atoms with Gasteiger partial charge in [0.2, 0.25) is 0 Å². The number of phenols is 2. The molecule has 4 aliphatic rings. The van der Waals surface area contributed by atoms with Crippen LogP contribution in [0.15, 0.2) is 48.6 Å². The van der Waals surface area contributed by atoms with Crippen molar-refractivity contribution in [2.75, 3.05) is 13.6 Å². The number of para-hydroxylation sites is 1. The first kappa shape index (κ1) is 19.0. The number of aromatic hydroxyl groups is 2. The lowest BCUT2D eigenvalue weighted by Crippen LogP contribution is -2.62. The molecule has 2 aliphatic carbocycles. The third-order valence-electron chi connectivity index (χ3n) is 7.23. The topological polar surface area (TPSA) is 90.2 Å². The van der Waals surface area contributed by atoms with Gasteiger partial charge in [0.25, 0.3) is 0 Å². The number of carboxylic acid groups (broad SMARTS) is 1. The summed E-state index contributed by atoms with van der Waals surface area (Å²) in [7, 11) is 2.25. The zero-order chi connectivity index (χ0) is 21.0. The second kappa shape index (κ2) is 6.77. The Morgan fingerprint density at radius 1 is 1.17 bits per heavy atom. The summed E-state index contributed by atoms with van der Waals surface area (Å²) in [4.78, 5) is 12.8. The summed E-state index contributed by atoms with van der Waals surface area (Å²) >= 11 is 0. The number of likely N-dealkylation sites (N-methyl/N-ethyl adjacent to an activating group) is 1. The molecule has 30 heavy (non-hydrogen) atoms. The Labute approximate surface area is 175 Å². The maximum absolute atomic E-state index is 10.3. The first-order chi connectivity index (χ1) is 14.4. The van der Waals surface area contributed by atoms with Crippen molar-refractivity contribution in [3.63, 3.8) is 0 Å². The average Bonchev–Trinajstić information content (AvgIpc) is 3.08. The lowest BCUT2D eigenvalue weighted by molar-refractivity contribution is 0.00197. The fourth-order valence-corrected chi connectivity index (χ4v) is 5.87. The van der Waals surface area contributed by atoms with Gasteiger partial charge in [-0.2, -0.15) is 0 Å². The zero-order valence-electron chi connectivity index (χ0n) is 16.8. The molecule has 2 heterocycles. The van der Waals surface area contributed by atoms with Crippen LogP contribution in [0.5, 0.6) is 17.2 Å². The van der Waals surface area contributed by atoms with Crippen LogP contribution in [0.2, 0.25) is 0 Å². The number of carboxylic acids is 1. The zero-order valence-corrected chi connectivity index (χ0v) is 16.8. The number of hydrogen-bond donors (Lipinski definition) is 3. The number of hydrogen-bond acceptors (Lipinski definition) is 5. The van der Waals surface area contributed by atoms with Crippen molar-refractivity contribution >= 4 is 5.97 Å². The van der Waals surface area contributed by atoms with Crippen molar-refractivity contribution in [1.82, 2.24) is 4.90 Å². The van der Waals surface area contributed by atoms with Gasteiger partial charge in [-0.1, -0.05) is 30.4 Å². The SMILES string of the molecule is CN1CC[C@]23c4c5ccc(O)c4O[C@H]2CC=C[C@H]3[C@H]1C5.O=C(O)c1ccccc1O. The van der Waals surface area contributed by atoms with Crippen LogP contribution in [0.25, 0.3) is 0 Å². The van der Waals surface area contributed by atoms with Gasteiger partial charge in [-0.25, -0.2) is 4.79 Å². The molecule has 0 unspecified atom stereocenters. The van der Waals surface area contributed by atoms with E-state index in [1.54, 1.807) is 12.1 Å². The molecule has 2 bridgehead atoms. The molecule has 4 atom stereocenters. The third-order valence-corrected chi connectivity index (χ3v) is 7.23. The van der Waals surface area contributed by atoms with E-state index in [-0.39, 0.29) is 22.8 Å². The number of benzene rings is 2. The van der Waals surface area contributed by atoms with Gasteiger partial charge in [-0.15, -0.1) is 0 Å². The molecular weight excluding hydrogens is 382 g/mol. The van der Waals surface area contributed by atoms with E-state index in [0.717, 1.165) is 31.6 Å². The highest BCUT2D eigenvalue weighted by Crippen LogP contribution is 2.62. The Kier molecular flexibility index (Phi) is 4.29. The van der Waals surface area contributed by atoms with Crippen LogP contribution in [0.3, 0.4) is 0 Å². The Balaban J connectivity index is 0.000000164. The smallest absolute Gasteiger partial charge is 0.339 e. The standard InChI is InChI=1S/C17H19NO2.C7H6O3/c1-18-8-7-17-11-3-2-4-14(17)20-16-13(19)6-5-10(15(16)17)9-12(11)18;8-6-4-2-1-3-5(6)7(9)10/h2-3,5-6,11-12,14,19H,4,7-9H2,1H3;1-4,8H,(H,9,10)/t11-,12+,14-,17+;/m0./s1. The van der Waals surface area contributed by atoms with E-state index in [2.05, 4.69) is 30.2 Å². The van der Waals surface area contributed by atoms with Gasteiger partial charge >= 0.3 is 5.97 Å². The van der Waals surface area contributed by atoms with Crippen LogP contribution < -0.4 is 4.74 Å². The van der Waals surface area contributed by atoms with Gasteiger partial charge in [-0.05, 0) is 50.2 Å². The number of piperidine rings is 1. The van der Waals surface area contributed by atoms with Crippen LogP contribution in [-0.2, 0) is 11.8 Å². The van der Waals surface area contributed by atoms with Crippen molar-refractivity contribution in [3.8, 4) is 17.2 Å². The molecule has 2 aliphatic heterocycles. The summed E-state index contributed by atoms with van der Waals surface area (Å²) < 4.78 is 6.22. The molecule has 6 rings (SSSR count). The summed E-state index contributed by atoms with van der Waals surface area (Å²) in [6, 6.07) is 10.3. The number of likely N-dealkylation sites (tertiary alicyclic amines) is 1. The summed E-state index contributed by atoms with van der Waals surface area (Å²) in [5, 5.41) is 27.5. The molecule has 6 heteroatoms. The lowest BCUT2D eigenvalue weighted by Gasteiger charge is -2.55. The van der Waals surface area contributed by atoms with E-state index in [4.69, 9.17) is 14.9 Å². The van der Waals surface area contributed by atoms with Gasteiger partial charge in [0.15, 0.2) is 11.5 Å². The Morgan fingerprint density at radius 3 is 2.70 bits per heavy atom. The molecule has 0 amide bonds. The third kappa shape index (κ3) is 2.56. The van der Waals surface area contributed by atoms with Crippen LogP contribution in [0.1, 0.15) is 34.3 Å². The predicted molar refractivity (Wildman–Crippen MR) is 111 cm³/mol. The van der Waals surface area contributed by atoms with Crippen molar-refractivity contribution in [1.29, 1.82) is 0 Å². The quantitative estimate of drug-likeness (QED) is 0.629. The van der Waals surface area contributed by atoms with E-state index >= 15 is 0 Å². The van der Waals surface area contributed by atoms with Crippen LogP contribution in [-0.4, -0.2) is 51.9 Å². The summed E-state index contributed by atoms with van der Waals surface area (Å²) in [5.74, 6) is 0.330. The molecule has 2 aromatic rings. The minimum atomic E-state index is -1.11. The summed E-state index contributed by atoms with van der Waals surface area (Å²) in [5.41, 5.74) is 2.78. The first-order valence-corrected chi connectivity index (χ1v) is 10.3. The molecule has 1 fully saturated rings. The monoisotopic (exact) mass is 407 g/mol. The Bertz CT molecular complexity index is 1050. The van der Waals surface area contributed by atoms with E-state index < -0.39 is 5.97 Å². The van der Waals surface area contributed by atoms with Crippen molar-refractivity contribution in [2.24, 2.45) is 5.92 Å². The largest absolute Gasteiger partial charge is 0.507 e. The van der Waals surface area contributed by atoms with Gasteiger partial charge in [0.1, 0.15) is 17.4 Å². The molecular formula is C24H25NO5. The highest BCUT2D eigenvalue weighted by atomic mass is 16.5. The van der Waals surface area contributed by atoms with E-state index in [1.807, 2.05) is 6.07 Å². The van der Waals surface area contributed by atoms with Gasteiger partial charge in [0.05, 0.1) is 0 Å². The highest BCUT2D eigenvalue weighted by Gasteiger charge is 2.62. The Morgan fingerprint density at radius 2 is 1.97 bits per heavy atom. The number of phenolic OH excluding ortho intramolecular Hbond substituents is 1. The number of rotatable bonds is 1. The van der Waals surface area contributed by atoms with Crippen molar-refractivity contribution in [3.05, 3.63) is 65.2 Å². The van der Waals surface area contributed by atoms with Gasteiger partial charge in [-0.3, -0.25) is 0 Å². The maximum atomic E-state index is 10.3. The molecule has 0 saturated carbocycles. The van der Waals surface area contributed by atoms with Crippen LogP contribution >= 0.6 is 0 Å². The molecule has 0 aromatic heterocycles. The van der Waals surface area contributed by atoms with Crippen molar-refractivity contribution < 1.29 is 24.9 Å². The van der Waals surface area contributed by atoms with E-state index in [1.165, 1.54) is 23.3 Å². The first-order valence-electron chi connectivity index (χ1n) is 10.3. The summed E-state index contributed by atoms with van der Waals surface area (Å²) in [6.45, 7) is 1.13. The minimum absolute atomic E-state index is 0.0671.